The largest absolute Gasteiger partial charge is 0.756 e. The molecule has 2 N–H and O–H groups in total. The molecule has 0 aliphatic rings. The molecule has 0 aliphatic carbocycles. The number of aliphatic hydroxyl groups excluding tert-OH is 1. The van der Waals surface area contributed by atoms with Gasteiger partial charge in [-0.25, -0.2) is 0 Å². The first kappa shape index (κ1) is 42.5. The fraction of sp³-hybridized carbons (Fsp3) is 0.970. The fourth-order valence-electron chi connectivity index (χ4n) is 5.14. The van der Waals surface area contributed by atoms with Crippen molar-refractivity contribution in [3.63, 3.8) is 0 Å². The summed E-state index contributed by atoms with van der Waals surface area (Å²) >= 11 is 0. The molecule has 0 heterocycles. The number of aliphatic carboxylic acids is 1. The molecule has 0 saturated heterocycles. The summed E-state index contributed by atoms with van der Waals surface area (Å²) in [5, 5.41) is 18.7. The van der Waals surface area contributed by atoms with Crippen molar-refractivity contribution in [2.24, 2.45) is 5.92 Å². The molecular formula is C33H68NO8P. The van der Waals surface area contributed by atoms with Crippen molar-refractivity contribution < 1.29 is 42.7 Å². The highest BCUT2D eigenvalue weighted by atomic mass is 31.2. The van der Waals surface area contributed by atoms with Gasteiger partial charge >= 0.3 is 5.97 Å². The minimum absolute atomic E-state index is 0.00901. The van der Waals surface area contributed by atoms with Crippen LogP contribution in [0.5, 0.6) is 0 Å². The average molecular weight is 638 g/mol. The first-order valence-electron chi connectivity index (χ1n) is 17.3. The number of ether oxygens (including phenoxy) is 1. The average Bonchev–Trinajstić information content (AvgIpc) is 2.92. The van der Waals surface area contributed by atoms with E-state index >= 15 is 0 Å². The number of phosphoric acid groups is 1. The van der Waals surface area contributed by atoms with E-state index < -0.39 is 26.0 Å². The number of unbranched alkanes of at least 4 members (excludes halogenated alkanes) is 13. The van der Waals surface area contributed by atoms with Gasteiger partial charge in [-0.3, -0.25) is 9.36 Å². The van der Waals surface area contributed by atoms with Crippen LogP contribution < -0.4 is 4.89 Å². The Labute approximate surface area is 264 Å². The predicted molar refractivity (Wildman–Crippen MR) is 173 cm³/mol. The van der Waals surface area contributed by atoms with E-state index in [1.165, 1.54) is 77.0 Å². The van der Waals surface area contributed by atoms with Crippen molar-refractivity contribution in [3.8, 4) is 0 Å². The van der Waals surface area contributed by atoms with Crippen LogP contribution in [-0.2, 0) is 23.1 Å². The molecule has 0 spiro atoms. The normalized spacial score (nSPS) is 15.7. The Morgan fingerprint density at radius 2 is 1.28 bits per heavy atom. The number of phosphoric ester groups is 1. The van der Waals surface area contributed by atoms with Gasteiger partial charge in [-0.2, -0.15) is 0 Å². The van der Waals surface area contributed by atoms with Gasteiger partial charge in [0.15, 0.2) is 0 Å². The lowest BCUT2D eigenvalue weighted by Gasteiger charge is -2.33. The van der Waals surface area contributed by atoms with Crippen LogP contribution in [0, 0.1) is 5.92 Å². The first-order chi connectivity index (χ1) is 20.4. The van der Waals surface area contributed by atoms with Crippen LogP contribution in [0.4, 0.5) is 0 Å². The monoisotopic (exact) mass is 637 g/mol. The Kier molecular flexibility index (Phi) is 26.3. The molecule has 0 aromatic carbocycles. The highest BCUT2D eigenvalue weighted by Crippen LogP contribution is 2.41. The van der Waals surface area contributed by atoms with E-state index in [-0.39, 0.29) is 26.2 Å². The zero-order valence-corrected chi connectivity index (χ0v) is 29.3. The van der Waals surface area contributed by atoms with E-state index in [9.17, 15) is 19.4 Å². The van der Waals surface area contributed by atoms with Gasteiger partial charge in [0.05, 0.1) is 33.9 Å². The van der Waals surface area contributed by atoms with Crippen LogP contribution in [0.3, 0.4) is 0 Å². The lowest BCUT2D eigenvalue weighted by Crippen LogP contribution is -2.38. The summed E-state index contributed by atoms with van der Waals surface area (Å²) in [5.41, 5.74) is 0. The molecule has 258 valence electrons. The summed E-state index contributed by atoms with van der Waals surface area (Å²) in [5.74, 6) is -0.00232. The molecule has 0 aromatic rings. The Morgan fingerprint density at radius 3 is 1.77 bits per heavy atom. The summed E-state index contributed by atoms with van der Waals surface area (Å²) in [7, 11) is 1.25. The topological polar surface area (TPSA) is 125 Å². The van der Waals surface area contributed by atoms with Crippen molar-refractivity contribution in [2.45, 2.75) is 154 Å². The van der Waals surface area contributed by atoms with Gasteiger partial charge in [0, 0.05) is 13.0 Å². The number of nitrogens with zero attached hydrogens (tertiary/aromatic N) is 1. The molecule has 0 rings (SSSR count). The van der Waals surface area contributed by atoms with E-state index in [2.05, 4.69) is 13.8 Å². The van der Waals surface area contributed by atoms with Gasteiger partial charge in [-0.1, -0.05) is 117 Å². The second kappa shape index (κ2) is 26.7. The second-order valence-corrected chi connectivity index (χ2v) is 14.8. The molecule has 43 heavy (non-hydrogen) atoms. The van der Waals surface area contributed by atoms with Crippen molar-refractivity contribution >= 4 is 13.8 Å². The van der Waals surface area contributed by atoms with E-state index in [1.807, 2.05) is 21.1 Å². The van der Waals surface area contributed by atoms with Crippen LogP contribution >= 0.6 is 7.82 Å². The molecular weight excluding hydrogens is 569 g/mol. The third-order valence-corrected chi connectivity index (χ3v) is 9.00. The molecule has 0 amide bonds. The minimum Gasteiger partial charge on any atom is -0.756 e. The quantitative estimate of drug-likeness (QED) is 0.0442. The molecule has 0 radical (unpaired) electrons. The fourth-order valence-corrected chi connectivity index (χ4v) is 6.08. The molecule has 10 heteroatoms. The van der Waals surface area contributed by atoms with E-state index in [1.54, 1.807) is 0 Å². The zero-order valence-electron chi connectivity index (χ0n) is 28.4. The maximum Gasteiger partial charge on any atom is 0.303 e. The lowest BCUT2D eigenvalue weighted by atomic mass is 9.96. The van der Waals surface area contributed by atoms with E-state index in [4.69, 9.17) is 18.9 Å². The first-order valence-corrected chi connectivity index (χ1v) is 18.7. The molecule has 0 aliphatic heterocycles. The number of likely N-dealkylation sites (N-methyl/N-ethyl adjacent to an activating group) is 1. The lowest BCUT2D eigenvalue weighted by molar-refractivity contribution is -0.870. The van der Waals surface area contributed by atoms with Gasteiger partial charge in [0.1, 0.15) is 19.3 Å². The van der Waals surface area contributed by atoms with E-state index in [0.717, 1.165) is 31.6 Å². The molecule has 4 atom stereocenters. The second-order valence-electron chi connectivity index (χ2n) is 13.4. The van der Waals surface area contributed by atoms with Crippen molar-refractivity contribution in [1.82, 2.24) is 0 Å². The highest BCUT2D eigenvalue weighted by Gasteiger charge is 2.27. The van der Waals surface area contributed by atoms with Gasteiger partial charge < -0.3 is 33.4 Å². The van der Waals surface area contributed by atoms with Crippen LogP contribution in [0.25, 0.3) is 0 Å². The Bertz CT molecular complexity index is 703. The van der Waals surface area contributed by atoms with Gasteiger partial charge in [-0.15, -0.1) is 0 Å². The van der Waals surface area contributed by atoms with E-state index in [0.29, 0.717) is 30.3 Å². The van der Waals surface area contributed by atoms with Gasteiger partial charge in [-0.05, 0) is 25.2 Å². The summed E-state index contributed by atoms with van der Waals surface area (Å²) in [6.07, 6.45) is 19.8. The van der Waals surface area contributed by atoms with Crippen molar-refractivity contribution in [2.75, 3.05) is 47.5 Å². The number of hydrogen-bond acceptors (Lipinski definition) is 7. The molecule has 0 bridgehead atoms. The Morgan fingerprint density at radius 1 is 0.767 bits per heavy atom. The van der Waals surface area contributed by atoms with Crippen LogP contribution in [0.2, 0.25) is 0 Å². The number of quaternary nitrogens is 1. The van der Waals surface area contributed by atoms with Crippen LogP contribution in [0.1, 0.15) is 142 Å². The summed E-state index contributed by atoms with van der Waals surface area (Å²) in [4.78, 5) is 23.3. The maximum absolute atomic E-state index is 12.6. The van der Waals surface area contributed by atoms with Crippen molar-refractivity contribution in [3.05, 3.63) is 0 Å². The summed E-state index contributed by atoms with van der Waals surface area (Å²) < 4.78 is 29.4. The molecule has 3 unspecified atom stereocenters. The highest BCUT2D eigenvalue weighted by molar-refractivity contribution is 7.45. The molecule has 9 nitrogen and oxygen atoms in total. The standard InChI is InChI=1S/C33H68NO8P/c1-6-7-8-17-22-30(2)23-18-15-13-11-9-10-12-14-16-19-24-31(32(29-35)40-27-21-20-25-33(36)37)42-43(38,39)41-28-26-34(3,4)5/h30-32,35H,6-29H2,1-5H3,(H-,36,37,38,39)/t30?,31?,32-/m0/s1. The number of carboxylic acid groups (broad SMARTS) is 1. The zero-order chi connectivity index (χ0) is 32.4. The third-order valence-electron chi connectivity index (χ3n) is 7.97. The van der Waals surface area contributed by atoms with Gasteiger partial charge in [0.25, 0.3) is 7.82 Å². The van der Waals surface area contributed by atoms with Crippen LogP contribution in [-0.4, -0.2) is 80.4 Å². The predicted octanol–water partition coefficient (Wildman–Crippen LogP) is 7.48. The molecule has 0 fully saturated rings. The smallest absolute Gasteiger partial charge is 0.303 e. The number of hydrogen-bond donors (Lipinski definition) is 2. The Hall–Kier alpha value is -0.540. The van der Waals surface area contributed by atoms with Crippen LogP contribution in [0.15, 0.2) is 0 Å². The minimum atomic E-state index is -4.58. The van der Waals surface area contributed by atoms with Gasteiger partial charge in [0.2, 0.25) is 0 Å². The Balaban J connectivity index is 4.34. The summed E-state index contributed by atoms with van der Waals surface area (Å²) in [6, 6.07) is 0. The number of rotatable bonds is 32. The molecule has 0 saturated carbocycles. The number of carbonyl (C=O) groups is 1. The summed E-state index contributed by atoms with van der Waals surface area (Å²) in [6.45, 7) is 5.02. The maximum atomic E-state index is 12.6. The number of carboxylic acids is 1. The SMILES string of the molecule is CCCCCCC(C)CCCCCCCCCCCCC(OP(=O)([O-])OCC[N+](C)(C)C)[C@H](CO)OCCCCC(=O)O. The molecule has 0 aromatic heterocycles. The van der Waals surface area contributed by atoms with Crippen molar-refractivity contribution in [1.29, 1.82) is 0 Å². The number of aliphatic hydroxyl groups is 1. The third kappa shape index (κ3) is 28.7.